The summed E-state index contributed by atoms with van der Waals surface area (Å²) in [4.78, 5) is 4.82. The van der Waals surface area contributed by atoms with Crippen LogP contribution in [0.2, 0.25) is 0 Å². The van der Waals surface area contributed by atoms with Crippen molar-refractivity contribution in [2.24, 2.45) is 23.7 Å². The molecule has 2 nitrogen and oxygen atoms in total. The fraction of sp³-hybridized carbons (Fsp3) is 1.00. The van der Waals surface area contributed by atoms with E-state index in [0.717, 1.165) is 44.4 Å². The molecule has 1 N–H and O–H groups in total. The van der Waals surface area contributed by atoms with E-state index in [0.29, 0.717) is 18.3 Å². The Labute approximate surface area is 129 Å². The van der Waals surface area contributed by atoms with E-state index in [-0.39, 0.29) is 12.0 Å². The normalized spacial score (nSPS) is 39.1. The number of hydrogen-bond donors (Lipinski definition) is 1. The molecule has 2 fully saturated rings. The second kappa shape index (κ2) is 8.47. The summed E-state index contributed by atoms with van der Waals surface area (Å²) in [6.45, 7) is 4.42. The fourth-order valence-corrected chi connectivity index (χ4v) is 4.70. The van der Waals surface area contributed by atoms with E-state index >= 15 is 0 Å². The van der Waals surface area contributed by atoms with Crippen LogP contribution in [0.15, 0.2) is 0 Å². The van der Waals surface area contributed by atoms with Crippen molar-refractivity contribution >= 4 is 0 Å². The van der Waals surface area contributed by atoms with Gasteiger partial charge >= 0.3 is 0 Å². The molecule has 0 aromatic rings. The predicted molar refractivity (Wildman–Crippen MR) is 83.9 cm³/mol. The van der Waals surface area contributed by atoms with Gasteiger partial charge in [0.2, 0.25) is 0 Å². The zero-order valence-electron chi connectivity index (χ0n) is 13.8. The van der Waals surface area contributed by atoms with Crippen LogP contribution in [-0.4, -0.2) is 17.5 Å². The maximum absolute atomic E-state index is 14.6. The molecule has 0 aromatic carbocycles. The molecule has 0 spiro atoms. The molecule has 0 heterocycles. The standard InChI is InChI=1S/C18H33FO2/c1-3-5-14-8-11-16(17(19)12-14)18(21-20)15-9-6-13(4-2)7-10-15/h13-18,20H,3-12H2,1-2H3. The molecule has 0 bridgehead atoms. The number of rotatable bonds is 6. The highest BCUT2D eigenvalue weighted by molar-refractivity contribution is 4.89. The summed E-state index contributed by atoms with van der Waals surface area (Å²) >= 11 is 0. The lowest BCUT2D eigenvalue weighted by molar-refractivity contribution is -0.310. The first-order chi connectivity index (χ1) is 10.2. The summed E-state index contributed by atoms with van der Waals surface area (Å²) in [5.74, 6) is 1.62. The number of halogens is 1. The van der Waals surface area contributed by atoms with Gasteiger partial charge in [-0.2, -0.15) is 0 Å². The van der Waals surface area contributed by atoms with E-state index in [1.807, 2.05) is 0 Å². The van der Waals surface area contributed by atoms with Crippen LogP contribution >= 0.6 is 0 Å². The second-order valence-electron chi connectivity index (χ2n) is 7.41. The molecule has 0 aliphatic heterocycles. The highest BCUT2D eigenvalue weighted by Gasteiger charge is 2.40. The molecule has 2 aliphatic carbocycles. The molecule has 4 atom stereocenters. The molecule has 3 heteroatoms. The van der Waals surface area contributed by atoms with Crippen molar-refractivity contribution < 1.29 is 14.5 Å². The Hall–Kier alpha value is -0.150. The van der Waals surface area contributed by atoms with Gasteiger partial charge in [0.25, 0.3) is 0 Å². The van der Waals surface area contributed by atoms with Gasteiger partial charge in [-0.1, -0.05) is 46.0 Å². The molecule has 0 amide bonds. The minimum Gasteiger partial charge on any atom is -0.252 e. The van der Waals surface area contributed by atoms with E-state index in [4.69, 9.17) is 4.89 Å². The molecule has 2 saturated carbocycles. The van der Waals surface area contributed by atoms with Crippen molar-refractivity contribution in [1.82, 2.24) is 0 Å². The molecule has 2 rings (SSSR count). The van der Waals surface area contributed by atoms with Crippen LogP contribution in [0, 0.1) is 23.7 Å². The summed E-state index contributed by atoms with van der Waals surface area (Å²) < 4.78 is 14.6. The molecule has 0 saturated heterocycles. The average molecular weight is 300 g/mol. The van der Waals surface area contributed by atoms with E-state index < -0.39 is 6.17 Å². The zero-order valence-corrected chi connectivity index (χ0v) is 13.8. The largest absolute Gasteiger partial charge is 0.252 e. The first kappa shape index (κ1) is 17.2. The quantitative estimate of drug-likeness (QED) is 0.510. The smallest absolute Gasteiger partial charge is 0.106 e. The van der Waals surface area contributed by atoms with Crippen molar-refractivity contribution in [3.05, 3.63) is 0 Å². The lowest BCUT2D eigenvalue weighted by Crippen LogP contribution is -2.41. The van der Waals surface area contributed by atoms with Gasteiger partial charge in [-0.05, 0) is 49.9 Å². The van der Waals surface area contributed by atoms with Crippen LogP contribution in [0.4, 0.5) is 4.39 Å². The predicted octanol–water partition coefficient (Wildman–Crippen LogP) is 5.62. The third-order valence-electron chi connectivity index (χ3n) is 6.11. The molecule has 0 radical (unpaired) electrons. The zero-order chi connectivity index (χ0) is 15.2. The number of alkyl halides is 1. The molecule has 0 aromatic heterocycles. The third-order valence-corrected chi connectivity index (χ3v) is 6.11. The van der Waals surface area contributed by atoms with E-state index in [9.17, 15) is 9.65 Å². The van der Waals surface area contributed by atoms with E-state index in [1.54, 1.807) is 0 Å². The Morgan fingerprint density at radius 1 is 1.05 bits per heavy atom. The summed E-state index contributed by atoms with van der Waals surface area (Å²) in [5, 5.41) is 9.37. The van der Waals surface area contributed by atoms with Crippen molar-refractivity contribution in [3.63, 3.8) is 0 Å². The third kappa shape index (κ3) is 4.41. The van der Waals surface area contributed by atoms with Gasteiger partial charge in [0, 0.05) is 5.92 Å². The van der Waals surface area contributed by atoms with Crippen molar-refractivity contribution in [2.45, 2.75) is 90.3 Å². The molecule has 124 valence electrons. The molecular formula is C18H33FO2. The van der Waals surface area contributed by atoms with Crippen LogP contribution in [0.25, 0.3) is 0 Å². The van der Waals surface area contributed by atoms with Gasteiger partial charge < -0.3 is 0 Å². The van der Waals surface area contributed by atoms with Gasteiger partial charge in [-0.15, -0.1) is 0 Å². The lowest BCUT2D eigenvalue weighted by atomic mass is 9.70. The Balaban J connectivity index is 1.89. The molecule has 2 aliphatic rings. The maximum Gasteiger partial charge on any atom is 0.106 e. The minimum absolute atomic E-state index is 0.0914. The SMILES string of the molecule is CCCC1CCC(C(OO)C2CCC(CC)CC2)C(F)C1. The first-order valence-electron chi connectivity index (χ1n) is 9.13. The maximum atomic E-state index is 14.6. The number of hydrogen-bond acceptors (Lipinski definition) is 2. The molecule has 21 heavy (non-hydrogen) atoms. The second-order valence-corrected chi connectivity index (χ2v) is 7.41. The topological polar surface area (TPSA) is 29.5 Å². The van der Waals surface area contributed by atoms with Crippen LogP contribution in [-0.2, 0) is 4.89 Å². The van der Waals surface area contributed by atoms with Crippen molar-refractivity contribution in [3.8, 4) is 0 Å². The van der Waals surface area contributed by atoms with Crippen LogP contribution in [0.1, 0.15) is 78.1 Å². The van der Waals surface area contributed by atoms with Gasteiger partial charge in [-0.25, -0.2) is 9.28 Å². The summed E-state index contributed by atoms with van der Waals surface area (Å²) in [7, 11) is 0. The highest BCUT2D eigenvalue weighted by atomic mass is 19.1. The monoisotopic (exact) mass is 300 g/mol. The lowest BCUT2D eigenvalue weighted by Gasteiger charge is -2.40. The fourth-order valence-electron chi connectivity index (χ4n) is 4.70. The minimum atomic E-state index is -0.795. The van der Waals surface area contributed by atoms with Crippen LogP contribution in [0.5, 0.6) is 0 Å². The van der Waals surface area contributed by atoms with Crippen molar-refractivity contribution in [1.29, 1.82) is 0 Å². The Kier molecular flexibility index (Phi) is 6.94. The van der Waals surface area contributed by atoms with Crippen LogP contribution in [0.3, 0.4) is 0 Å². The van der Waals surface area contributed by atoms with Gasteiger partial charge in [0.1, 0.15) is 12.3 Å². The Morgan fingerprint density at radius 3 is 2.24 bits per heavy atom. The van der Waals surface area contributed by atoms with Crippen molar-refractivity contribution in [2.75, 3.05) is 0 Å². The van der Waals surface area contributed by atoms with Gasteiger partial charge in [0.05, 0.1) is 0 Å². The molecular weight excluding hydrogens is 267 g/mol. The highest BCUT2D eigenvalue weighted by Crippen LogP contribution is 2.42. The van der Waals surface area contributed by atoms with E-state index in [1.165, 1.54) is 19.3 Å². The van der Waals surface area contributed by atoms with E-state index in [2.05, 4.69) is 13.8 Å². The van der Waals surface area contributed by atoms with Crippen LogP contribution < -0.4 is 0 Å². The summed E-state index contributed by atoms with van der Waals surface area (Å²) in [5.41, 5.74) is 0. The molecule has 4 unspecified atom stereocenters. The summed E-state index contributed by atoms with van der Waals surface area (Å²) in [6.07, 6.45) is 9.70. The first-order valence-corrected chi connectivity index (χ1v) is 9.13. The Morgan fingerprint density at radius 2 is 1.71 bits per heavy atom. The average Bonchev–Trinajstić information content (AvgIpc) is 2.51. The van der Waals surface area contributed by atoms with Gasteiger partial charge in [0.15, 0.2) is 0 Å². The van der Waals surface area contributed by atoms with Gasteiger partial charge in [-0.3, -0.25) is 5.26 Å². The Bertz CT molecular complexity index is 289. The summed E-state index contributed by atoms with van der Waals surface area (Å²) in [6, 6.07) is 0.